The number of thioether (sulfide) groups is 1. The summed E-state index contributed by atoms with van der Waals surface area (Å²) < 4.78 is 30.2. The molecule has 3 fully saturated rings. The molecule has 1 aliphatic carbocycles. The summed E-state index contributed by atoms with van der Waals surface area (Å²) in [7, 11) is -3.03. The Labute approximate surface area is 180 Å². The zero-order chi connectivity index (χ0) is 20.3. The average Bonchev–Trinajstić information content (AvgIpc) is 3.34. The summed E-state index contributed by atoms with van der Waals surface area (Å²) in [6, 6.07) is 0.00279. The quantitative estimate of drug-likeness (QED) is 0.594. The number of rotatable bonds is 6. The normalized spacial score (nSPS) is 25.2. The van der Waals surface area contributed by atoms with Crippen molar-refractivity contribution in [3.63, 3.8) is 0 Å². The lowest BCUT2D eigenvalue weighted by Gasteiger charge is -2.38. The van der Waals surface area contributed by atoms with Crippen molar-refractivity contribution in [3.05, 3.63) is 0 Å². The predicted molar refractivity (Wildman–Crippen MR) is 114 cm³/mol. The zero-order valence-electron chi connectivity index (χ0n) is 16.5. The second-order valence-electron chi connectivity index (χ2n) is 7.89. The van der Waals surface area contributed by atoms with E-state index in [1.165, 1.54) is 29.5 Å². The molecule has 0 aromatic carbocycles. The minimum atomic E-state index is -3.03. The van der Waals surface area contributed by atoms with Gasteiger partial charge in [0.2, 0.25) is 11.0 Å². The summed E-state index contributed by atoms with van der Waals surface area (Å²) in [4.78, 5) is 17.2. The number of sulfone groups is 1. The largest absolute Gasteiger partial charge is 0.378 e. The van der Waals surface area contributed by atoms with Crippen LogP contribution in [0, 0.1) is 0 Å². The first kappa shape index (κ1) is 21.3. The number of nitrogens with zero attached hydrogens (tertiary/aromatic N) is 4. The van der Waals surface area contributed by atoms with Crippen molar-refractivity contribution in [2.24, 2.45) is 0 Å². The smallest absolute Gasteiger partial charge is 0.233 e. The third-order valence-corrected chi connectivity index (χ3v) is 9.71. The van der Waals surface area contributed by atoms with Gasteiger partial charge in [0, 0.05) is 25.2 Å². The molecule has 0 bridgehead atoms. The average molecular weight is 461 g/mol. The van der Waals surface area contributed by atoms with Crippen molar-refractivity contribution in [1.82, 2.24) is 15.1 Å². The lowest BCUT2D eigenvalue weighted by Crippen LogP contribution is -2.49. The van der Waals surface area contributed by atoms with Crippen molar-refractivity contribution in [2.75, 3.05) is 48.5 Å². The molecule has 162 valence electrons. The van der Waals surface area contributed by atoms with Gasteiger partial charge in [0.25, 0.3) is 0 Å². The monoisotopic (exact) mass is 460 g/mol. The summed E-state index contributed by atoms with van der Waals surface area (Å²) >= 11 is 2.92. The molecule has 0 radical (unpaired) electrons. The molecule has 8 nitrogen and oxygen atoms in total. The van der Waals surface area contributed by atoms with Crippen molar-refractivity contribution >= 4 is 44.0 Å². The number of ether oxygens (including phenoxy) is 1. The number of carbonyl (C=O) groups excluding carboxylic acids is 1. The van der Waals surface area contributed by atoms with Gasteiger partial charge in [-0.2, -0.15) is 0 Å². The summed E-state index contributed by atoms with van der Waals surface area (Å²) in [5.74, 6) is 0.623. The van der Waals surface area contributed by atoms with Gasteiger partial charge in [-0.1, -0.05) is 42.4 Å². The van der Waals surface area contributed by atoms with Crippen LogP contribution in [0.2, 0.25) is 0 Å². The van der Waals surface area contributed by atoms with E-state index in [1.54, 1.807) is 0 Å². The van der Waals surface area contributed by atoms with Gasteiger partial charge in [0.05, 0.1) is 30.5 Å². The molecule has 3 aliphatic rings. The van der Waals surface area contributed by atoms with Gasteiger partial charge in [0.1, 0.15) is 0 Å². The molecule has 1 saturated carbocycles. The number of morpholine rings is 1. The van der Waals surface area contributed by atoms with E-state index in [9.17, 15) is 13.2 Å². The summed E-state index contributed by atoms with van der Waals surface area (Å²) in [5, 5.41) is 9.37. The van der Waals surface area contributed by atoms with Crippen LogP contribution in [0.1, 0.15) is 38.5 Å². The van der Waals surface area contributed by atoms with E-state index in [1.807, 2.05) is 4.90 Å². The second kappa shape index (κ2) is 9.49. The van der Waals surface area contributed by atoms with Crippen LogP contribution in [-0.4, -0.2) is 85.1 Å². The SMILES string of the molecule is O=C(CSc1nnc(N2CCOCC2)s1)N(C1CCCCC1)C1CCS(=O)(=O)C1. The van der Waals surface area contributed by atoms with Crippen molar-refractivity contribution in [2.45, 2.75) is 54.9 Å². The van der Waals surface area contributed by atoms with Gasteiger partial charge in [-0.3, -0.25) is 4.79 Å². The molecule has 4 rings (SSSR count). The molecule has 1 amide bonds. The summed E-state index contributed by atoms with van der Waals surface area (Å²) in [6.07, 6.45) is 5.95. The van der Waals surface area contributed by atoms with Crippen LogP contribution in [-0.2, 0) is 19.4 Å². The van der Waals surface area contributed by atoms with E-state index in [4.69, 9.17) is 4.74 Å². The molecule has 1 unspecified atom stereocenters. The minimum absolute atomic E-state index is 0.0344. The molecule has 0 spiro atoms. The Hall–Kier alpha value is -0.910. The number of aromatic nitrogens is 2. The van der Waals surface area contributed by atoms with Crippen LogP contribution >= 0.6 is 23.1 Å². The molecule has 29 heavy (non-hydrogen) atoms. The van der Waals surface area contributed by atoms with Crippen molar-refractivity contribution in [1.29, 1.82) is 0 Å². The van der Waals surface area contributed by atoms with E-state index in [0.29, 0.717) is 19.6 Å². The van der Waals surface area contributed by atoms with Gasteiger partial charge < -0.3 is 14.5 Å². The molecule has 2 aliphatic heterocycles. The highest BCUT2D eigenvalue weighted by Crippen LogP contribution is 2.32. The Bertz CT molecular complexity index is 804. The highest BCUT2D eigenvalue weighted by Gasteiger charge is 2.38. The number of carbonyl (C=O) groups is 1. The lowest BCUT2D eigenvalue weighted by molar-refractivity contribution is -0.133. The van der Waals surface area contributed by atoms with Crippen molar-refractivity contribution in [3.8, 4) is 0 Å². The minimum Gasteiger partial charge on any atom is -0.378 e. The van der Waals surface area contributed by atoms with Gasteiger partial charge in [-0.05, 0) is 19.3 Å². The maximum absolute atomic E-state index is 13.2. The second-order valence-corrected chi connectivity index (χ2v) is 12.3. The molecule has 1 atom stereocenters. The first-order chi connectivity index (χ1) is 14.0. The maximum atomic E-state index is 13.2. The standard InChI is InChI=1S/C18H28N4O4S3/c23-16(12-27-18-20-19-17(28-18)21-7-9-26-10-8-21)22(14-4-2-1-3-5-14)15-6-11-29(24,25)13-15/h14-15H,1-13H2. The summed E-state index contributed by atoms with van der Waals surface area (Å²) in [6.45, 7) is 3.01. The van der Waals surface area contributed by atoms with Crippen LogP contribution in [0.4, 0.5) is 5.13 Å². The third kappa shape index (κ3) is 5.42. The van der Waals surface area contributed by atoms with E-state index in [0.717, 1.165) is 48.2 Å². The number of amides is 1. The molecule has 0 N–H and O–H groups in total. The van der Waals surface area contributed by atoms with E-state index in [2.05, 4.69) is 15.1 Å². The molecule has 1 aromatic heterocycles. The Morgan fingerprint density at radius 1 is 1.14 bits per heavy atom. The Morgan fingerprint density at radius 2 is 1.90 bits per heavy atom. The fourth-order valence-corrected chi connectivity index (χ4v) is 7.87. The van der Waals surface area contributed by atoms with Crippen molar-refractivity contribution < 1.29 is 17.9 Å². The van der Waals surface area contributed by atoms with Crippen LogP contribution < -0.4 is 4.90 Å². The molecule has 11 heteroatoms. The maximum Gasteiger partial charge on any atom is 0.233 e. The fraction of sp³-hybridized carbons (Fsp3) is 0.833. The number of anilines is 1. The first-order valence-corrected chi connectivity index (χ1v) is 13.9. The highest BCUT2D eigenvalue weighted by molar-refractivity contribution is 8.01. The first-order valence-electron chi connectivity index (χ1n) is 10.3. The van der Waals surface area contributed by atoms with Crippen LogP contribution in [0.3, 0.4) is 0 Å². The van der Waals surface area contributed by atoms with Crippen LogP contribution in [0.5, 0.6) is 0 Å². The van der Waals surface area contributed by atoms with Crippen LogP contribution in [0.25, 0.3) is 0 Å². The Balaban J connectivity index is 1.39. The third-order valence-electron chi connectivity index (χ3n) is 5.85. The molecular weight excluding hydrogens is 432 g/mol. The Kier molecular flexibility index (Phi) is 6.98. The Morgan fingerprint density at radius 3 is 2.59 bits per heavy atom. The number of hydrogen-bond acceptors (Lipinski definition) is 9. The molecule has 1 aromatic rings. The lowest BCUT2D eigenvalue weighted by atomic mass is 9.93. The topological polar surface area (TPSA) is 92.7 Å². The van der Waals surface area contributed by atoms with E-state index >= 15 is 0 Å². The fourth-order valence-electron chi connectivity index (χ4n) is 4.40. The zero-order valence-corrected chi connectivity index (χ0v) is 18.9. The highest BCUT2D eigenvalue weighted by atomic mass is 32.2. The van der Waals surface area contributed by atoms with Gasteiger partial charge in [-0.25, -0.2) is 8.42 Å². The van der Waals surface area contributed by atoms with Crippen LogP contribution in [0.15, 0.2) is 4.34 Å². The van der Waals surface area contributed by atoms with Gasteiger partial charge >= 0.3 is 0 Å². The summed E-state index contributed by atoms with van der Waals surface area (Å²) in [5.41, 5.74) is 0. The van der Waals surface area contributed by atoms with Gasteiger partial charge in [-0.15, -0.1) is 10.2 Å². The molecule has 2 saturated heterocycles. The number of hydrogen-bond donors (Lipinski definition) is 0. The molecule has 3 heterocycles. The van der Waals surface area contributed by atoms with Gasteiger partial charge in [0.15, 0.2) is 14.2 Å². The molecular formula is C18H28N4O4S3. The predicted octanol–water partition coefficient (Wildman–Crippen LogP) is 1.82. The van der Waals surface area contributed by atoms with E-state index in [-0.39, 0.29) is 35.2 Å². The van der Waals surface area contributed by atoms with E-state index < -0.39 is 9.84 Å².